The molecule has 0 unspecified atom stereocenters. The maximum atomic E-state index is 12.9. The van der Waals surface area contributed by atoms with E-state index < -0.39 is 10.0 Å². The SMILES string of the molecule is Cc1nc(N(C)C)cc(N2CCN(S(=O)(=O)c3c(C)n[nH]c3C)CC2)n1. The van der Waals surface area contributed by atoms with Crippen LogP contribution < -0.4 is 9.80 Å². The number of rotatable bonds is 4. The number of aryl methyl sites for hydroxylation is 3. The lowest BCUT2D eigenvalue weighted by atomic mass is 10.3. The Bertz CT molecular complexity index is 880. The fourth-order valence-corrected chi connectivity index (χ4v) is 4.89. The molecule has 1 N–H and O–H groups in total. The van der Waals surface area contributed by atoms with Gasteiger partial charge < -0.3 is 9.80 Å². The topological polar surface area (TPSA) is 98.3 Å². The van der Waals surface area contributed by atoms with Crippen LogP contribution in [0, 0.1) is 20.8 Å². The first-order valence-electron chi connectivity index (χ1n) is 8.50. The van der Waals surface area contributed by atoms with E-state index in [1.54, 1.807) is 13.8 Å². The van der Waals surface area contributed by atoms with Crippen molar-refractivity contribution in [2.45, 2.75) is 25.7 Å². The second-order valence-electron chi connectivity index (χ2n) is 6.68. The van der Waals surface area contributed by atoms with Crippen LogP contribution in [0.1, 0.15) is 17.2 Å². The number of hydrogen-bond donors (Lipinski definition) is 1. The Morgan fingerprint density at radius 2 is 1.73 bits per heavy atom. The summed E-state index contributed by atoms with van der Waals surface area (Å²) in [6.45, 7) is 7.28. The number of anilines is 2. The summed E-state index contributed by atoms with van der Waals surface area (Å²) in [6, 6.07) is 1.93. The highest BCUT2D eigenvalue weighted by molar-refractivity contribution is 7.89. The van der Waals surface area contributed by atoms with Gasteiger partial charge in [-0.15, -0.1) is 0 Å². The van der Waals surface area contributed by atoms with Crippen LogP contribution >= 0.6 is 0 Å². The Balaban J connectivity index is 1.78. The van der Waals surface area contributed by atoms with Gasteiger partial charge in [0.25, 0.3) is 0 Å². The second-order valence-corrected chi connectivity index (χ2v) is 8.56. The van der Waals surface area contributed by atoms with E-state index in [2.05, 4.69) is 25.1 Å². The Morgan fingerprint density at radius 3 is 2.27 bits per heavy atom. The molecule has 1 saturated heterocycles. The van der Waals surface area contributed by atoms with Gasteiger partial charge in [0.2, 0.25) is 10.0 Å². The van der Waals surface area contributed by atoms with Crippen molar-refractivity contribution >= 4 is 21.7 Å². The summed E-state index contributed by atoms with van der Waals surface area (Å²) in [7, 11) is 0.329. The highest BCUT2D eigenvalue weighted by Crippen LogP contribution is 2.24. The van der Waals surface area contributed by atoms with Gasteiger partial charge in [-0.1, -0.05) is 0 Å². The summed E-state index contributed by atoms with van der Waals surface area (Å²) in [5, 5.41) is 6.76. The second kappa shape index (κ2) is 6.84. The number of aromatic nitrogens is 4. The maximum Gasteiger partial charge on any atom is 0.246 e. The first-order valence-corrected chi connectivity index (χ1v) is 9.94. The van der Waals surface area contributed by atoms with Gasteiger partial charge in [-0.25, -0.2) is 18.4 Å². The molecule has 3 heterocycles. The minimum Gasteiger partial charge on any atom is -0.363 e. The van der Waals surface area contributed by atoms with Crippen LogP contribution in [0.2, 0.25) is 0 Å². The number of sulfonamides is 1. The number of hydrogen-bond acceptors (Lipinski definition) is 7. The van der Waals surface area contributed by atoms with E-state index in [4.69, 9.17) is 0 Å². The summed E-state index contributed by atoms with van der Waals surface area (Å²) < 4.78 is 27.4. The van der Waals surface area contributed by atoms with Crippen molar-refractivity contribution in [1.82, 2.24) is 24.5 Å². The highest BCUT2D eigenvalue weighted by Gasteiger charge is 2.32. The fourth-order valence-electron chi connectivity index (χ4n) is 3.14. The molecule has 0 amide bonds. The third-order valence-corrected chi connectivity index (χ3v) is 6.65. The quantitative estimate of drug-likeness (QED) is 0.835. The van der Waals surface area contributed by atoms with Gasteiger partial charge in [-0.2, -0.15) is 9.40 Å². The zero-order valence-corrected chi connectivity index (χ0v) is 16.6. The molecular weight excluding hydrogens is 354 g/mol. The predicted octanol–water partition coefficient (Wildman–Crippen LogP) is 0.702. The molecule has 10 heteroatoms. The van der Waals surface area contributed by atoms with Crippen LogP contribution in [-0.4, -0.2) is 73.2 Å². The normalized spacial score (nSPS) is 16.1. The first kappa shape index (κ1) is 18.6. The Kier molecular flexibility index (Phi) is 4.89. The van der Waals surface area contributed by atoms with Crippen molar-refractivity contribution in [3.63, 3.8) is 0 Å². The van der Waals surface area contributed by atoms with Crippen LogP contribution in [0.3, 0.4) is 0 Å². The summed E-state index contributed by atoms with van der Waals surface area (Å²) in [6.07, 6.45) is 0. The lowest BCUT2D eigenvalue weighted by Gasteiger charge is -2.35. The summed E-state index contributed by atoms with van der Waals surface area (Å²) in [5.41, 5.74) is 1.08. The maximum absolute atomic E-state index is 12.9. The van der Waals surface area contributed by atoms with Gasteiger partial charge in [-0.3, -0.25) is 5.10 Å². The number of nitrogens with one attached hydrogen (secondary N) is 1. The smallest absolute Gasteiger partial charge is 0.246 e. The lowest BCUT2D eigenvalue weighted by Crippen LogP contribution is -2.49. The van der Waals surface area contributed by atoms with Crippen LogP contribution in [0.4, 0.5) is 11.6 Å². The molecule has 0 atom stereocenters. The van der Waals surface area contributed by atoms with Crippen LogP contribution in [0.5, 0.6) is 0 Å². The Morgan fingerprint density at radius 1 is 1.08 bits per heavy atom. The average molecular weight is 379 g/mol. The number of aromatic amines is 1. The fraction of sp³-hybridized carbons (Fsp3) is 0.562. The molecule has 142 valence electrons. The molecule has 0 aromatic carbocycles. The van der Waals surface area contributed by atoms with E-state index in [0.717, 1.165) is 11.6 Å². The Hall–Kier alpha value is -2.20. The van der Waals surface area contributed by atoms with Crippen molar-refractivity contribution in [1.29, 1.82) is 0 Å². The molecule has 1 fully saturated rings. The van der Waals surface area contributed by atoms with E-state index in [0.29, 0.717) is 48.3 Å². The van der Waals surface area contributed by atoms with E-state index in [1.807, 2.05) is 32.0 Å². The molecule has 26 heavy (non-hydrogen) atoms. The van der Waals surface area contributed by atoms with E-state index in [-0.39, 0.29) is 0 Å². The number of nitrogens with zero attached hydrogens (tertiary/aromatic N) is 6. The molecule has 0 saturated carbocycles. The van der Waals surface area contributed by atoms with Gasteiger partial charge in [0.05, 0.1) is 11.4 Å². The lowest BCUT2D eigenvalue weighted by molar-refractivity contribution is 0.383. The zero-order chi connectivity index (χ0) is 19.1. The number of H-pyrrole nitrogens is 1. The van der Waals surface area contributed by atoms with Gasteiger partial charge in [0, 0.05) is 46.3 Å². The van der Waals surface area contributed by atoms with Crippen molar-refractivity contribution in [3.05, 3.63) is 23.3 Å². The van der Waals surface area contributed by atoms with E-state index in [1.165, 1.54) is 4.31 Å². The first-order chi connectivity index (χ1) is 12.2. The molecule has 1 aliphatic heterocycles. The standard InChI is InChI=1S/C16H25N7O2S/c1-11-16(12(2)20-19-11)26(24,25)23-8-6-22(7-9-23)15-10-14(21(4)5)17-13(3)18-15/h10H,6-9H2,1-5H3,(H,19,20). The minimum absolute atomic E-state index is 0.290. The van der Waals surface area contributed by atoms with E-state index in [9.17, 15) is 8.42 Å². The summed E-state index contributed by atoms with van der Waals surface area (Å²) in [4.78, 5) is 13.2. The van der Waals surface area contributed by atoms with Crippen LogP contribution in [-0.2, 0) is 10.0 Å². The molecule has 2 aromatic rings. The van der Waals surface area contributed by atoms with Gasteiger partial charge in [0.1, 0.15) is 22.4 Å². The highest BCUT2D eigenvalue weighted by atomic mass is 32.2. The van der Waals surface area contributed by atoms with Gasteiger partial charge in [-0.05, 0) is 20.8 Å². The molecule has 1 aliphatic rings. The summed E-state index contributed by atoms with van der Waals surface area (Å²) in [5.74, 6) is 2.37. The van der Waals surface area contributed by atoms with Crippen molar-refractivity contribution in [2.75, 3.05) is 50.1 Å². The largest absolute Gasteiger partial charge is 0.363 e. The molecular formula is C16H25N7O2S. The molecule has 0 bridgehead atoms. The third kappa shape index (κ3) is 3.38. The van der Waals surface area contributed by atoms with Gasteiger partial charge in [0.15, 0.2) is 0 Å². The van der Waals surface area contributed by atoms with Gasteiger partial charge >= 0.3 is 0 Å². The Labute approximate surface area is 154 Å². The predicted molar refractivity (Wildman–Crippen MR) is 100 cm³/mol. The molecule has 0 aliphatic carbocycles. The molecule has 0 radical (unpaired) electrons. The molecule has 0 spiro atoms. The van der Waals surface area contributed by atoms with Crippen LogP contribution in [0.25, 0.3) is 0 Å². The minimum atomic E-state index is -3.54. The van der Waals surface area contributed by atoms with Crippen molar-refractivity contribution in [2.24, 2.45) is 0 Å². The summed E-state index contributed by atoms with van der Waals surface area (Å²) >= 11 is 0. The number of piperazine rings is 1. The van der Waals surface area contributed by atoms with Crippen LogP contribution in [0.15, 0.2) is 11.0 Å². The molecule has 9 nitrogen and oxygen atoms in total. The molecule has 2 aromatic heterocycles. The zero-order valence-electron chi connectivity index (χ0n) is 15.8. The van der Waals surface area contributed by atoms with Crippen molar-refractivity contribution in [3.8, 4) is 0 Å². The van der Waals surface area contributed by atoms with Crippen molar-refractivity contribution < 1.29 is 8.42 Å². The van der Waals surface area contributed by atoms with E-state index >= 15 is 0 Å². The average Bonchev–Trinajstić information content (AvgIpc) is 2.93. The monoisotopic (exact) mass is 379 g/mol. The molecule has 3 rings (SSSR count). The third-order valence-electron chi connectivity index (χ3n) is 4.49.